The van der Waals surface area contributed by atoms with Gasteiger partial charge in [0.25, 0.3) is 0 Å². The number of methoxy groups -OCH3 is 1. The summed E-state index contributed by atoms with van der Waals surface area (Å²) in [6, 6.07) is 8.11. The van der Waals surface area contributed by atoms with Gasteiger partial charge in [-0.2, -0.15) is 0 Å². The van der Waals surface area contributed by atoms with Crippen molar-refractivity contribution in [2.45, 2.75) is 26.2 Å². The fourth-order valence-corrected chi connectivity index (χ4v) is 1.33. The molecule has 76 valence electrons. The first kappa shape index (κ1) is 10.8. The Balaban J connectivity index is 3.10. The number of para-hydroxylation sites is 1. The highest BCUT2D eigenvalue weighted by molar-refractivity contribution is 5.59. The second-order valence-electron chi connectivity index (χ2n) is 4.24. The van der Waals surface area contributed by atoms with Crippen LogP contribution in [0.25, 0.3) is 0 Å². The van der Waals surface area contributed by atoms with E-state index in [2.05, 4.69) is 31.8 Å². The molecule has 2 heteroatoms. The first-order valence-electron chi connectivity index (χ1n) is 4.70. The van der Waals surface area contributed by atoms with Crippen LogP contribution in [0, 0.1) is 0 Å². The zero-order valence-electron chi connectivity index (χ0n) is 9.24. The normalized spacial score (nSPS) is 12.0. The molecule has 0 aromatic heterocycles. The van der Waals surface area contributed by atoms with Crippen LogP contribution in [0.4, 0.5) is 5.69 Å². The Morgan fingerprint density at radius 3 is 2.43 bits per heavy atom. The molecule has 0 aliphatic rings. The van der Waals surface area contributed by atoms with Crippen molar-refractivity contribution >= 4 is 12.1 Å². The molecule has 2 nitrogen and oxygen atoms in total. The van der Waals surface area contributed by atoms with Gasteiger partial charge in [-0.05, 0) is 17.0 Å². The third kappa shape index (κ3) is 2.59. The molecule has 0 N–H and O–H groups in total. The van der Waals surface area contributed by atoms with Crippen molar-refractivity contribution < 1.29 is 4.74 Å². The maximum absolute atomic E-state index is 4.82. The molecular weight excluding hydrogens is 174 g/mol. The van der Waals surface area contributed by atoms with Crippen molar-refractivity contribution in [2.75, 3.05) is 7.11 Å². The Labute approximate surface area is 85.6 Å². The standard InChI is InChI=1S/C12H17NO/c1-12(2,3)10-7-5-6-8-11(10)13-9-14-4/h5-9H,1-4H3. The first-order valence-corrected chi connectivity index (χ1v) is 4.70. The molecule has 14 heavy (non-hydrogen) atoms. The lowest BCUT2D eigenvalue weighted by molar-refractivity contribution is 0.423. The summed E-state index contributed by atoms with van der Waals surface area (Å²) in [5.41, 5.74) is 2.32. The predicted octanol–water partition coefficient (Wildman–Crippen LogP) is 3.29. The van der Waals surface area contributed by atoms with Gasteiger partial charge < -0.3 is 4.74 Å². The molecule has 0 radical (unpaired) electrons. The van der Waals surface area contributed by atoms with Crippen molar-refractivity contribution in [3.05, 3.63) is 29.8 Å². The van der Waals surface area contributed by atoms with Crippen LogP contribution in [-0.4, -0.2) is 13.5 Å². The van der Waals surface area contributed by atoms with Gasteiger partial charge >= 0.3 is 0 Å². The molecule has 0 spiro atoms. The lowest BCUT2D eigenvalue weighted by Crippen LogP contribution is -2.11. The van der Waals surface area contributed by atoms with Crippen LogP contribution in [0.15, 0.2) is 29.3 Å². The third-order valence-electron chi connectivity index (χ3n) is 2.01. The summed E-state index contributed by atoms with van der Waals surface area (Å²) in [6.45, 7) is 6.52. The van der Waals surface area contributed by atoms with Gasteiger partial charge in [0.1, 0.15) is 0 Å². The molecule has 0 amide bonds. The molecule has 0 bridgehead atoms. The van der Waals surface area contributed by atoms with E-state index in [1.54, 1.807) is 7.11 Å². The minimum absolute atomic E-state index is 0.113. The van der Waals surface area contributed by atoms with Gasteiger partial charge in [0.15, 0.2) is 6.40 Å². The van der Waals surface area contributed by atoms with Crippen LogP contribution in [0.1, 0.15) is 26.3 Å². The molecular formula is C12H17NO. The Morgan fingerprint density at radius 2 is 1.86 bits per heavy atom. The summed E-state index contributed by atoms with van der Waals surface area (Å²) in [5, 5.41) is 0. The fraction of sp³-hybridized carbons (Fsp3) is 0.417. The van der Waals surface area contributed by atoms with E-state index in [0.29, 0.717) is 0 Å². The minimum Gasteiger partial charge on any atom is -0.486 e. The Hall–Kier alpha value is -1.31. The molecule has 0 heterocycles. The Bertz CT molecular complexity index is 323. The van der Waals surface area contributed by atoms with Crippen LogP contribution in [0.2, 0.25) is 0 Å². The van der Waals surface area contributed by atoms with Gasteiger partial charge in [0.05, 0.1) is 12.8 Å². The van der Waals surface area contributed by atoms with Gasteiger partial charge in [-0.25, -0.2) is 4.99 Å². The number of ether oxygens (including phenoxy) is 1. The molecule has 0 aliphatic carbocycles. The van der Waals surface area contributed by atoms with Gasteiger partial charge in [-0.3, -0.25) is 0 Å². The van der Waals surface area contributed by atoms with Gasteiger partial charge in [0.2, 0.25) is 0 Å². The van der Waals surface area contributed by atoms with Gasteiger partial charge in [-0.1, -0.05) is 39.0 Å². The monoisotopic (exact) mass is 191 g/mol. The zero-order valence-corrected chi connectivity index (χ0v) is 9.24. The van der Waals surface area contributed by atoms with Crippen molar-refractivity contribution in [1.82, 2.24) is 0 Å². The molecule has 0 atom stereocenters. The summed E-state index contributed by atoms with van der Waals surface area (Å²) >= 11 is 0. The molecule has 1 aromatic rings. The molecule has 0 aliphatic heterocycles. The van der Waals surface area contributed by atoms with E-state index >= 15 is 0 Å². The van der Waals surface area contributed by atoms with E-state index in [1.165, 1.54) is 12.0 Å². The highest BCUT2D eigenvalue weighted by Crippen LogP contribution is 2.30. The average Bonchev–Trinajstić information content (AvgIpc) is 2.14. The summed E-state index contributed by atoms with van der Waals surface area (Å²) in [5.74, 6) is 0. The Kier molecular flexibility index (Phi) is 3.28. The van der Waals surface area contributed by atoms with Crippen molar-refractivity contribution in [1.29, 1.82) is 0 Å². The quantitative estimate of drug-likeness (QED) is 0.519. The number of aliphatic imine (C=N–C) groups is 1. The Morgan fingerprint density at radius 1 is 1.21 bits per heavy atom. The van der Waals surface area contributed by atoms with Crippen molar-refractivity contribution in [3.8, 4) is 0 Å². The molecule has 1 aromatic carbocycles. The van der Waals surface area contributed by atoms with E-state index in [1.807, 2.05) is 18.2 Å². The van der Waals surface area contributed by atoms with Crippen LogP contribution < -0.4 is 0 Å². The summed E-state index contributed by atoms with van der Waals surface area (Å²) in [4.78, 5) is 4.24. The lowest BCUT2D eigenvalue weighted by atomic mass is 9.86. The highest BCUT2D eigenvalue weighted by atomic mass is 16.5. The number of benzene rings is 1. The van der Waals surface area contributed by atoms with Crippen LogP contribution in [-0.2, 0) is 10.2 Å². The molecule has 1 rings (SSSR count). The SMILES string of the molecule is COC=Nc1ccccc1C(C)(C)C. The predicted molar refractivity (Wildman–Crippen MR) is 60.3 cm³/mol. The summed E-state index contributed by atoms with van der Waals surface area (Å²) < 4.78 is 4.82. The zero-order chi connectivity index (χ0) is 10.6. The second-order valence-corrected chi connectivity index (χ2v) is 4.24. The first-order chi connectivity index (χ1) is 6.55. The van der Waals surface area contributed by atoms with E-state index in [9.17, 15) is 0 Å². The molecule has 0 saturated heterocycles. The van der Waals surface area contributed by atoms with Crippen LogP contribution in [0.3, 0.4) is 0 Å². The highest BCUT2D eigenvalue weighted by Gasteiger charge is 2.16. The fourth-order valence-electron chi connectivity index (χ4n) is 1.33. The maximum atomic E-state index is 4.82. The summed E-state index contributed by atoms with van der Waals surface area (Å²) in [7, 11) is 1.60. The summed E-state index contributed by atoms with van der Waals surface area (Å²) in [6.07, 6.45) is 1.46. The van der Waals surface area contributed by atoms with Crippen molar-refractivity contribution in [3.63, 3.8) is 0 Å². The van der Waals surface area contributed by atoms with E-state index < -0.39 is 0 Å². The topological polar surface area (TPSA) is 21.6 Å². The minimum atomic E-state index is 0.113. The second kappa shape index (κ2) is 4.27. The molecule has 0 saturated carbocycles. The average molecular weight is 191 g/mol. The number of hydrogen-bond acceptors (Lipinski definition) is 2. The van der Waals surface area contributed by atoms with E-state index in [-0.39, 0.29) is 5.41 Å². The maximum Gasteiger partial charge on any atom is 0.174 e. The number of hydrogen-bond donors (Lipinski definition) is 0. The van der Waals surface area contributed by atoms with Gasteiger partial charge in [-0.15, -0.1) is 0 Å². The number of nitrogens with zero attached hydrogens (tertiary/aromatic N) is 1. The lowest BCUT2D eigenvalue weighted by Gasteiger charge is -2.20. The van der Waals surface area contributed by atoms with E-state index in [0.717, 1.165) is 5.69 Å². The molecule has 0 unspecified atom stereocenters. The van der Waals surface area contributed by atoms with Crippen LogP contribution in [0.5, 0.6) is 0 Å². The smallest absolute Gasteiger partial charge is 0.174 e. The van der Waals surface area contributed by atoms with E-state index in [4.69, 9.17) is 4.74 Å². The third-order valence-corrected chi connectivity index (χ3v) is 2.01. The largest absolute Gasteiger partial charge is 0.486 e. The number of rotatable bonds is 2. The van der Waals surface area contributed by atoms with Crippen molar-refractivity contribution in [2.24, 2.45) is 4.99 Å². The molecule has 0 fully saturated rings. The van der Waals surface area contributed by atoms with Crippen LogP contribution >= 0.6 is 0 Å². The van der Waals surface area contributed by atoms with Gasteiger partial charge in [0, 0.05) is 0 Å².